The molecule has 0 aromatic heterocycles. The van der Waals surface area contributed by atoms with Crippen molar-refractivity contribution in [2.45, 2.75) is 40.3 Å². The van der Waals surface area contributed by atoms with Gasteiger partial charge in [-0.05, 0) is 51.2 Å². The van der Waals surface area contributed by atoms with Crippen LogP contribution in [0.2, 0.25) is 0 Å². The third-order valence-corrected chi connectivity index (χ3v) is 4.49. The molecular weight excluding hydrogens is 308 g/mol. The first-order valence-corrected chi connectivity index (χ1v) is 9.42. The van der Waals surface area contributed by atoms with Crippen molar-refractivity contribution in [3.63, 3.8) is 0 Å². The minimum Gasteiger partial charge on any atom is -0.489 e. The molecule has 0 radical (unpaired) electrons. The summed E-state index contributed by atoms with van der Waals surface area (Å²) in [6.45, 7) is 12.5. The molecule has 2 aromatic rings. The molecule has 2 aromatic carbocycles. The summed E-state index contributed by atoms with van der Waals surface area (Å²) >= 11 is 0. The summed E-state index contributed by atoms with van der Waals surface area (Å²) in [5.74, 6) is 0.972. The summed E-state index contributed by atoms with van der Waals surface area (Å²) in [6, 6.07) is 16.8. The highest BCUT2D eigenvalue weighted by Crippen LogP contribution is 2.19. The van der Waals surface area contributed by atoms with Crippen LogP contribution in [-0.4, -0.2) is 31.1 Å². The zero-order valence-corrected chi connectivity index (χ0v) is 15.9. The Hall–Kier alpha value is -1.84. The summed E-state index contributed by atoms with van der Waals surface area (Å²) in [4.78, 5) is 2.46. The first-order chi connectivity index (χ1) is 12.2. The number of rotatable bonds is 11. The Kier molecular flexibility index (Phi) is 8.50. The molecular formula is C22H32N2O. The second kappa shape index (κ2) is 10.9. The molecule has 0 fully saturated rings. The lowest BCUT2D eigenvalue weighted by molar-refractivity contribution is 0.295. The molecule has 2 rings (SSSR count). The van der Waals surface area contributed by atoms with Crippen LogP contribution >= 0.6 is 0 Å². The van der Waals surface area contributed by atoms with E-state index in [2.05, 4.69) is 73.5 Å². The fourth-order valence-electron chi connectivity index (χ4n) is 2.94. The molecule has 0 aliphatic rings. The van der Waals surface area contributed by atoms with Crippen LogP contribution in [0.4, 0.5) is 0 Å². The maximum atomic E-state index is 6.06. The van der Waals surface area contributed by atoms with Crippen LogP contribution in [0.25, 0.3) is 0 Å². The minimum atomic E-state index is 0.612. The Morgan fingerprint density at radius 1 is 1.00 bits per heavy atom. The van der Waals surface area contributed by atoms with Crippen LogP contribution in [0.3, 0.4) is 0 Å². The maximum Gasteiger partial charge on any atom is 0.124 e. The number of benzene rings is 2. The van der Waals surface area contributed by atoms with Gasteiger partial charge in [0, 0.05) is 12.1 Å². The number of nitrogens with one attached hydrogen (secondary N) is 1. The Balaban J connectivity index is 1.79. The Morgan fingerprint density at radius 3 is 2.56 bits per heavy atom. The number of para-hydroxylation sites is 1. The Bertz CT molecular complexity index is 623. The van der Waals surface area contributed by atoms with Crippen molar-refractivity contribution in [3.8, 4) is 5.75 Å². The number of aryl methyl sites for hydroxylation is 1. The number of hydrogen-bond donors (Lipinski definition) is 1. The molecule has 0 amide bonds. The third kappa shape index (κ3) is 6.89. The summed E-state index contributed by atoms with van der Waals surface area (Å²) < 4.78 is 6.06. The second-order valence-corrected chi connectivity index (χ2v) is 6.44. The van der Waals surface area contributed by atoms with Crippen molar-refractivity contribution in [1.82, 2.24) is 10.2 Å². The lowest BCUT2D eigenvalue weighted by atomic mass is 10.1. The van der Waals surface area contributed by atoms with E-state index in [1.807, 2.05) is 6.07 Å². The van der Waals surface area contributed by atoms with E-state index >= 15 is 0 Å². The van der Waals surface area contributed by atoms with Crippen molar-refractivity contribution >= 4 is 0 Å². The largest absolute Gasteiger partial charge is 0.489 e. The normalized spacial score (nSPS) is 11.0. The molecule has 0 saturated carbocycles. The van der Waals surface area contributed by atoms with Crippen LogP contribution in [0.1, 0.15) is 37.0 Å². The monoisotopic (exact) mass is 340 g/mol. The Morgan fingerprint density at radius 2 is 1.80 bits per heavy atom. The van der Waals surface area contributed by atoms with Crippen molar-refractivity contribution in [2.75, 3.05) is 26.2 Å². The summed E-state index contributed by atoms with van der Waals surface area (Å²) in [6.07, 6.45) is 1.17. The molecule has 0 heterocycles. The molecule has 1 N–H and O–H groups in total. The number of hydrogen-bond acceptors (Lipinski definition) is 3. The highest BCUT2D eigenvalue weighted by molar-refractivity contribution is 5.33. The van der Waals surface area contributed by atoms with Crippen LogP contribution in [0, 0.1) is 6.92 Å². The van der Waals surface area contributed by atoms with Gasteiger partial charge in [-0.25, -0.2) is 0 Å². The quantitative estimate of drug-likeness (QED) is 0.614. The van der Waals surface area contributed by atoms with E-state index in [4.69, 9.17) is 4.74 Å². The van der Waals surface area contributed by atoms with E-state index in [0.29, 0.717) is 6.61 Å². The zero-order chi connectivity index (χ0) is 17.9. The average Bonchev–Trinajstić information content (AvgIpc) is 2.64. The number of nitrogens with zero attached hydrogens (tertiary/aromatic N) is 1. The lowest BCUT2D eigenvalue weighted by Gasteiger charge is -2.18. The van der Waals surface area contributed by atoms with E-state index in [0.717, 1.165) is 38.5 Å². The predicted molar refractivity (Wildman–Crippen MR) is 106 cm³/mol. The summed E-state index contributed by atoms with van der Waals surface area (Å²) in [7, 11) is 0. The van der Waals surface area contributed by atoms with Crippen LogP contribution < -0.4 is 10.1 Å². The molecule has 0 aliphatic heterocycles. The highest BCUT2D eigenvalue weighted by Gasteiger charge is 2.04. The molecule has 0 spiro atoms. The standard InChI is InChI=1S/C22H32N2O/c1-4-24(5-2)15-9-14-23-17-21-12-6-7-13-22(21)25-18-20-11-8-10-19(3)16-20/h6-8,10-13,16,23H,4-5,9,14-15,17-18H2,1-3H3. The van der Waals surface area contributed by atoms with Gasteiger partial charge in [0.25, 0.3) is 0 Å². The number of ether oxygens (including phenoxy) is 1. The molecule has 0 aliphatic carbocycles. The predicted octanol–water partition coefficient (Wildman–Crippen LogP) is 4.40. The molecule has 0 unspecified atom stereocenters. The SMILES string of the molecule is CCN(CC)CCCNCc1ccccc1OCc1cccc(C)c1. The van der Waals surface area contributed by atoms with Crippen LogP contribution in [-0.2, 0) is 13.2 Å². The van der Waals surface area contributed by atoms with Crippen LogP contribution in [0.5, 0.6) is 5.75 Å². The van der Waals surface area contributed by atoms with E-state index in [1.54, 1.807) is 0 Å². The van der Waals surface area contributed by atoms with Crippen molar-refractivity contribution < 1.29 is 4.74 Å². The molecule has 0 bridgehead atoms. The summed E-state index contributed by atoms with van der Waals surface area (Å²) in [5.41, 5.74) is 3.70. The van der Waals surface area contributed by atoms with Gasteiger partial charge < -0.3 is 15.0 Å². The first-order valence-electron chi connectivity index (χ1n) is 9.42. The fraction of sp³-hybridized carbons (Fsp3) is 0.455. The Labute approximate surface area is 153 Å². The first kappa shape index (κ1) is 19.5. The average molecular weight is 341 g/mol. The zero-order valence-electron chi connectivity index (χ0n) is 15.9. The van der Waals surface area contributed by atoms with Gasteiger partial charge in [-0.2, -0.15) is 0 Å². The van der Waals surface area contributed by atoms with Gasteiger partial charge in [0.1, 0.15) is 12.4 Å². The molecule has 0 atom stereocenters. The van der Waals surface area contributed by atoms with Crippen molar-refractivity contribution in [1.29, 1.82) is 0 Å². The van der Waals surface area contributed by atoms with E-state index < -0.39 is 0 Å². The minimum absolute atomic E-state index is 0.612. The van der Waals surface area contributed by atoms with Crippen LogP contribution in [0.15, 0.2) is 48.5 Å². The van der Waals surface area contributed by atoms with Crippen molar-refractivity contribution in [3.05, 3.63) is 65.2 Å². The van der Waals surface area contributed by atoms with Gasteiger partial charge in [0.05, 0.1) is 0 Å². The van der Waals surface area contributed by atoms with E-state index in [1.165, 1.54) is 23.1 Å². The topological polar surface area (TPSA) is 24.5 Å². The van der Waals surface area contributed by atoms with Gasteiger partial charge in [0.2, 0.25) is 0 Å². The summed E-state index contributed by atoms with van der Waals surface area (Å²) in [5, 5.41) is 3.55. The van der Waals surface area contributed by atoms with Gasteiger partial charge >= 0.3 is 0 Å². The van der Waals surface area contributed by atoms with Crippen molar-refractivity contribution in [2.24, 2.45) is 0 Å². The highest BCUT2D eigenvalue weighted by atomic mass is 16.5. The fourth-order valence-corrected chi connectivity index (χ4v) is 2.94. The molecule has 3 nitrogen and oxygen atoms in total. The van der Waals surface area contributed by atoms with E-state index in [-0.39, 0.29) is 0 Å². The van der Waals surface area contributed by atoms with Gasteiger partial charge in [0.15, 0.2) is 0 Å². The molecule has 3 heteroatoms. The van der Waals surface area contributed by atoms with E-state index in [9.17, 15) is 0 Å². The molecule has 0 saturated heterocycles. The lowest BCUT2D eigenvalue weighted by Crippen LogP contribution is -2.27. The van der Waals surface area contributed by atoms with Gasteiger partial charge in [-0.3, -0.25) is 0 Å². The van der Waals surface area contributed by atoms with Gasteiger partial charge in [-0.15, -0.1) is 0 Å². The van der Waals surface area contributed by atoms with Gasteiger partial charge in [-0.1, -0.05) is 61.9 Å². The molecule has 136 valence electrons. The third-order valence-electron chi connectivity index (χ3n) is 4.49. The smallest absolute Gasteiger partial charge is 0.124 e. The molecule has 25 heavy (non-hydrogen) atoms. The maximum absolute atomic E-state index is 6.06. The second-order valence-electron chi connectivity index (χ2n) is 6.44.